The van der Waals surface area contributed by atoms with Crippen LogP contribution >= 0.6 is 11.6 Å². The first kappa shape index (κ1) is 16.7. The molecule has 1 aliphatic rings. The van der Waals surface area contributed by atoms with Gasteiger partial charge in [-0.15, -0.1) is 0 Å². The van der Waals surface area contributed by atoms with Crippen LogP contribution in [0.4, 0.5) is 0 Å². The van der Waals surface area contributed by atoms with Crippen LogP contribution in [0.15, 0.2) is 18.2 Å². The molecule has 0 bridgehead atoms. The van der Waals surface area contributed by atoms with Crippen LogP contribution in [0, 0.1) is 6.92 Å². The highest BCUT2D eigenvalue weighted by Gasteiger charge is 2.24. The predicted octanol–water partition coefficient (Wildman–Crippen LogP) is 1.82. The molecule has 1 heterocycles. The largest absolute Gasteiger partial charge is 0.388 e. The first-order valence-corrected chi connectivity index (χ1v) is 7.82. The van der Waals surface area contributed by atoms with Gasteiger partial charge in [-0.1, -0.05) is 23.7 Å². The van der Waals surface area contributed by atoms with E-state index < -0.39 is 5.60 Å². The third-order valence-electron chi connectivity index (χ3n) is 3.74. The number of hydrogen-bond donors (Lipinski definition) is 2. The zero-order valence-corrected chi connectivity index (χ0v) is 13.6. The fraction of sp³-hybridized carbons (Fsp3) is 0.625. The van der Waals surface area contributed by atoms with Crippen molar-refractivity contribution >= 4 is 11.6 Å². The zero-order valence-electron chi connectivity index (χ0n) is 12.9. The molecule has 0 unspecified atom stereocenters. The molecule has 0 amide bonds. The lowest BCUT2D eigenvalue weighted by molar-refractivity contribution is -0.0219. The second-order valence-corrected chi connectivity index (χ2v) is 6.48. The second kappa shape index (κ2) is 7.56. The lowest BCUT2D eigenvalue weighted by atomic mass is 10.1. The predicted molar refractivity (Wildman–Crippen MR) is 85.8 cm³/mol. The van der Waals surface area contributed by atoms with Gasteiger partial charge in [0.15, 0.2) is 0 Å². The Balaban J connectivity index is 1.76. The first-order chi connectivity index (χ1) is 9.96. The van der Waals surface area contributed by atoms with Crippen molar-refractivity contribution in [3.8, 4) is 0 Å². The molecular formula is C16H25ClN2O2. The minimum atomic E-state index is -0.744. The van der Waals surface area contributed by atoms with Gasteiger partial charge in [0.2, 0.25) is 0 Å². The molecule has 2 N–H and O–H groups in total. The van der Waals surface area contributed by atoms with Crippen molar-refractivity contribution in [3.63, 3.8) is 0 Å². The second-order valence-electron chi connectivity index (χ2n) is 6.07. The maximum atomic E-state index is 10.5. The van der Waals surface area contributed by atoms with Crippen LogP contribution in [-0.4, -0.2) is 55.0 Å². The van der Waals surface area contributed by atoms with Crippen LogP contribution in [0.2, 0.25) is 5.02 Å². The molecule has 0 radical (unpaired) electrons. The van der Waals surface area contributed by atoms with E-state index in [-0.39, 0.29) is 0 Å². The Hall–Kier alpha value is -0.650. The molecule has 1 aromatic carbocycles. The van der Waals surface area contributed by atoms with E-state index in [1.807, 2.05) is 26.0 Å². The molecule has 1 aliphatic heterocycles. The Morgan fingerprint density at radius 2 is 2.10 bits per heavy atom. The van der Waals surface area contributed by atoms with E-state index >= 15 is 0 Å². The van der Waals surface area contributed by atoms with Gasteiger partial charge in [-0.25, -0.2) is 0 Å². The van der Waals surface area contributed by atoms with Crippen molar-refractivity contribution in [2.45, 2.75) is 26.0 Å². The molecule has 1 aromatic rings. The number of β-amino-alcohol motifs (C(OH)–C–C–N with tert-alkyl or cyclic N) is 1. The van der Waals surface area contributed by atoms with Gasteiger partial charge in [-0.05, 0) is 31.0 Å². The van der Waals surface area contributed by atoms with Crippen molar-refractivity contribution in [1.82, 2.24) is 10.2 Å². The number of benzene rings is 1. The Bertz CT molecular complexity index is 460. The van der Waals surface area contributed by atoms with E-state index in [1.54, 1.807) is 0 Å². The molecule has 0 aromatic heterocycles. The quantitative estimate of drug-likeness (QED) is 0.841. The number of aliphatic hydroxyl groups is 1. The summed E-state index contributed by atoms with van der Waals surface area (Å²) in [6.45, 7) is 9.08. The van der Waals surface area contributed by atoms with Gasteiger partial charge in [-0.2, -0.15) is 0 Å². The maximum absolute atomic E-state index is 10.5. The van der Waals surface area contributed by atoms with Crippen molar-refractivity contribution in [2.75, 3.05) is 39.4 Å². The Morgan fingerprint density at radius 1 is 1.38 bits per heavy atom. The summed E-state index contributed by atoms with van der Waals surface area (Å²) < 4.78 is 5.32. The average molecular weight is 313 g/mol. The van der Waals surface area contributed by atoms with E-state index in [0.717, 1.165) is 42.5 Å². The van der Waals surface area contributed by atoms with E-state index in [0.29, 0.717) is 19.6 Å². The molecule has 1 fully saturated rings. The van der Waals surface area contributed by atoms with Crippen molar-refractivity contribution < 1.29 is 9.84 Å². The van der Waals surface area contributed by atoms with Gasteiger partial charge < -0.3 is 15.2 Å². The number of nitrogens with one attached hydrogen (secondary N) is 1. The standard InChI is InChI=1S/C16H25ClN2O2/c1-13-3-4-14(9-15(13)17)10-18-11-16(2,20)12-19-5-7-21-8-6-19/h3-4,9,18,20H,5-8,10-12H2,1-2H3/t16-/m0/s1. The van der Waals surface area contributed by atoms with E-state index in [4.69, 9.17) is 16.3 Å². The van der Waals surface area contributed by atoms with Gasteiger partial charge >= 0.3 is 0 Å². The molecule has 0 aliphatic carbocycles. The minimum Gasteiger partial charge on any atom is -0.388 e. The summed E-state index contributed by atoms with van der Waals surface area (Å²) in [5, 5.41) is 14.6. The number of nitrogens with zero attached hydrogens (tertiary/aromatic N) is 1. The number of ether oxygens (including phenoxy) is 1. The average Bonchev–Trinajstić information content (AvgIpc) is 2.43. The highest BCUT2D eigenvalue weighted by Crippen LogP contribution is 2.16. The monoisotopic (exact) mass is 312 g/mol. The molecule has 5 heteroatoms. The fourth-order valence-electron chi connectivity index (χ4n) is 2.52. The summed E-state index contributed by atoms with van der Waals surface area (Å²) in [5.74, 6) is 0. The Kier molecular flexibility index (Phi) is 6.02. The third kappa shape index (κ3) is 5.57. The number of morpholine rings is 1. The number of aryl methyl sites for hydroxylation is 1. The van der Waals surface area contributed by atoms with Crippen LogP contribution in [0.5, 0.6) is 0 Å². The van der Waals surface area contributed by atoms with E-state index in [1.165, 1.54) is 0 Å². The summed E-state index contributed by atoms with van der Waals surface area (Å²) in [5.41, 5.74) is 1.47. The SMILES string of the molecule is Cc1ccc(CNC[C@](C)(O)CN2CCOCC2)cc1Cl. The summed E-state index contributed by atoms with van der Waals surface area (Å²) >= 11 is 6.12. The highest BCUT2D eigenvalue weighted by molar-refractivity contribution is 6.31. The summed E-state index contributed by atoms with van der Waals surface area (Å²) in [6, 6.07) is 6.05. The van der Waals surface area contributed by atoms with Crippen molar-refractivity contribution in [2.24, 2.45) is 0 Å². The van der Waals surface area contributed by atoms with Gasteiger partial charge in [0, 0.05) is 37.7 Å². The van der Waals surface area contributed by atoms with Gasteiger partial charge in [0.05, 0.1) is 18.8 Å². The summed E-state index contributed by atoms with van der Waals surface area (Å²) in [4.78, 5) is 2.24. The minimum absolute atomic E-state index is 0.551. The number of rotatable bonds is 6. The van der Waals surface area contributed by atoms with Crippen molar-refractivity contribution in [1.29, 1.82) is 0 Å². The molecule has 118 valence electrons. The molecule has 0 saturated carbocycles. The molecule has 2 rings (SSSR count). The molecular weight excluding hydrogens is 288 g/mol. The fourth-order valence-corrected chi connectivity index (χ4v) is 2.72. The topological polar surface area (TPSA) is 44.7 Å². The normalized spacial score (nSPS) is 19.4. The zero-order chi connectivity index (χ0) is 15.3. The van der Waals surface area contributed by atoms with Crippen LogP contribution in [0.25, 0.3) is 0 Å². The number of hydrogen-bond acceptors (Lipinski definition) is 4. The van der Waals surface area contributed by atoms with Crippen molar-refractivity contribution in [3.05, 3.63) is 34.3 Å². The number of halogens is 1. The van der Waals surface area contributed by atoms with Gasteiger partial charge in [0.25, 0.3) is 0 Å². The highest BCUT2D eigenvalue weighted by atomic mass is 35.5. The molecule has 1 saturated heterocycles. The summed E-state index contributed by atoms with van der Waals surface area (Å²) in [6.07, 6.45) is 0. The lowest BCUT2D eigenvalue weighted by Crippen LogP contribution is -2.50. The Morgan fingerprint density at radius 3 is 2.76 bits per heavy atom. The Labute approximate surface area is 132 Å². The molecule has 21 heavy (non-hydrogen) atoms. The van der Waals surface area contributed by atoms with Crippen LogP contribution in [0.3, 0.4) is 0 Å². The van der Waals surface area contributed by atoms with E-state index in [9.17, 15) is 5.11 Å². The molecule has 1 atom stereocenters. The van der Waals surface area contributed by atoms with Crippen LogP contribution in [-0.2, 0) is 11.3 Å². The molecule has 0 spiro atoms. The van der Waals surface area contributed by atoms with Gasteiger partial charge in [-0.3, -0.25) is 4.90 Å². The van der Waals surface area contributed by atoms with Crippen LogP contribution in [0.1, 0.15) is 18.1 Å². The summed E-state index contributed by atoms with van der Waals surface area (Å²) in [7, 11) is 0. The lowest BCUT2D eigenvalue weighted by Gasteiger charge is -2.34. The first-order valence-electron chi connectivity index (χ1n) is 7.44. The van der Waals surface area contributed by atoms with Crippen LogP contribution < -0.4 is 5.32 Å². The molecule has 4 nitrogen and oxygen atoms in total. The maximum Gasteiger partial charge on any atom is 0.0869 e. The third-order valence-corrected chi connectivity index (χ3v) is 4.15. The van der Waals surface area contributed by atoms with Gasteiger partial charge in [0.1, 0.15) is 0 Å². The van der Waals surface area contributed by atoms with E-state index in [2.05, 4.69) is 16.3 Å². The smallest absolute Gasteiger partial charge is 0.0869 e.